The molecule has 0 spiro atoms. The van der Waals surface area contributed by atoms with E-state index in [1.165, 1.54) is 0 Å². The molecular weight excluding hydrogens is 364 g/mol. The Kier molecular flexibility index (Phi) is 4.99. The molecule has 0 aliphatic heterocycles. The second kappa shape index (κ2) is 7.90. The average molecular weight is 384 g/mol. The van der Waals surface area contributed by atoms with E-state index in [4.69, 9.17) is 10.5 Å². The van der Waals surface area contributed by atoms with Gasteiger partial charge in [0, 0.05) is 23.5 Å². The summed E-state index contributed by atoms with van der Waals surface area (Å²) in [6, 6.07) is 18.9. The zero-order valence-electron chi connectivity index (χ0n) is 15.8. The molecule has 0 fully saturated rings. The van der Waals surface area contributed by atoms with Crippen molar-refractivity contribution in [1.82, 2.24) is 9.97 Å². The third-order valence-corrected chi connectivity index (χ3v) is 4.59. The van der Waals surface area contributed by atoms with Crippen LogP contribution in [0.4, 0.5) is 5.69 Å². The second-order valence-electron chi connectivity index (χ2n) is 6.51. The Morgan fingerprint density at radius 2 is 1.97 bits per heavy atom. The predicted octanol–water partition coefficient (Wildman–Crippen LogP) is 4.18. The molecule has 29 heavy (non-hydrogen) atoms. The maximum atomic E-state index is 12.4. The van der Waals surface area contributed by atoms with Crippen molar-refractivity contribution in [1.29, 1.82) is 0 Å². The van der Waals surface area contributed by atoms with Crippen LogP contribution in [0.3, 0.4) is 0 Å². The largest absolute Gasteiger partial charge is 0.497 e. The van der Waals surface area contributed by atoms with E-state index in [1.54, 1.807) is 19.4 Å². The minimum atomic E-state index is -0.363. The molecule has 0 aliphatic rings. The molecule has 0 bridgehead atoms. The highest BCUT2D eigenvalue weighted by atomic mass is 16.5. The zero-order valence-corrected chi connectivity index (χ0v) is 15.8. The maximum Gasteiger partial charge on any atom is 0.271 e. The smallest absolute Gasteiger partial charge is 0.271 e. The third kappa shape index (κ3) is 3.96. The van der Waals surface area contributed by atoms with Gasteiger partial charge in [0.05, 0.1) is 12.8 Å². The number of fused-ring (bicyclic) bond motifs is 1. The molecule has 2 aromatic heterocycles. The first kappa shape index (κ1) is 18.3. The number of pyridine rings is 1. The van der Waals surface area contributed by atoms with Crippen molar-refractivity contribution in [2.75, 3.05) is 12.4 Å². The van der Waals surface area contributed by atoms with Gasteiger partial charge < -0.3 is 20.8 Å². The van der Waals surface area contributed by atoms with Crippen LogP contribution in [-0.2, 0) is 4.79 Å². The molecule has 1 amide bonds. The monoisotopic (exact) mass is 384 g/mol. The fourth-order valence-electron chi connectivity index (χ4n) is 3.13. The highest BCUT2D eigenvalue weighted by Crippen LogP contribution is 2.28. The minimum Gasteiger partial charge on any atom is -0.497 e. The number of hydrogen-bond acceptors (Lipinski definition) is 4. The average Bonchev–Trinajstić information content (AvgIpc) is 3.23. The number of rotatable bonds is 5. The Balaban J connectivity index is 1.50. The van der Waals surface area contributed by atoms with Gasteiger partial charge in [0.15, 0.2) is 0 Å². The molecule has 6 heteroatoms. The van der Waals surface area contributed by atoms with Gasteiger partial charge in [0.25, 0.3) is 5.91 Å². The van der Waals surface area contributed by atoms with Crippen LogP contribution in [0.15, 0.2) is 78.8 Å². The fourth-order valence-corrected chi connectivity index (χ4v) is 3.13. The van der Waals surface area contributed by atoms with E-state index in [0.717, 1.165) is 27.7 Å². The topological polar surface area (TPSA) is 93.0 Å². The molecular formula is C23H20N4O2. The van der Waals surface area contributed by atoms with Gasteiger partial charge in [-0.2, -0.15) is 0 Å². The summed E-state index contributed by atoms with van der Waals surface area (Å²) in [7, 11) is 1.59. The normalized spacial score (nSPS) is 11.4. The SMILES string of the molecule is COc1cccc(C=C(N)C(=O)Nc2ccc(-c3ccnc4[nH]ccc34)cc2)c1. The molecule has 2 heterocycles. The molecule has 0 saturated carbocycles. The number of aromatic nitrogens is 2. The maximum absolute atomic E-state index is 12.4. The van der Waals surface area contributed by atoms with Crippen LogP contribution >= 0.6 is 0 Å². The molecule has 4 rings (SSSR count). The number of nitrogens with zero attached hydrogens (tertiary/aromatic N) is 1. The number of amides is 1. The lowest BCUT2D eigenvalue weighted by atomic mass is 10.0. The Morgan fingerprint density at radius 3 is 2.76 bits per heavy atom. The van der Waals surface area contributed by atoms with Crippen molar-refractivity contribution >= 4 is 28.7 Å². The number of hydrogen-bond donors (Lipinski definition) is 3. The van der Waals surface area contributed by atoms with E-state index in [9.17, 15) is 4.79 Å². The van der Waals surface area contributed by atoms with Crippen LogP contribution in [0, 0.1) is 0 Å². The third-order valence-electron chi connectivity index (χ3n) is 4.59. The standard InChI is InChI=1S/C23H20N4O2/c1-29-18-4-2-3-15(13-18)14-21(24)23(28)27-17-7-5-16(6-8-17)19-9-11-25-22-20(19)10-12-26-22/h2-14H,24H2,1H3,(H,25,26)(H,27,28). The summed E-state index contributed by atoms with van der Waals surface area (Å²) in [6.07, 6.45) is 5.26. The molecule has 0 saturated heterocycles. The molecule has 4 N–H and O–H groups in total. The quantitative estimate of drug-likeness (QED) is 0.450. The zero-order chi connectivity index (χ0) is 20.2. The van der Waals surface area contributed by atoms with Gasteiger partial charge in [-0.05, 0) is 59.2 Å². The van der Waals surface area contributed by atoms with E-state index in [2.05, 4.69) is 15.3 Å². The van der Waals surface area contributed by atoms with Crippen molar-refractivity contribution in [3.05, 3.63) is 84.3 Å². The highest BCUT2D eigenvalue weighted by molar-refractivity contribution is 6.06. The first-order valence-corrected chi connectivity index (χ1v) is 9.09. The number of nitrogens with one attached hydrogen (secondary N) is 2. The van der Waals surface area contributed by atoms with Gasteiger partial charge in [-0.15, -0.1) is 0 Å². The number of methoxy groups -OCH3 is 1. The Bertz CT molecular complexity index is 1190. The van der Waals surface area contributed by atoms with Crippen molar-refractivity contribution in [2.45, 2.75) is 0 Å². The lowest BCUT2D eigenvalue weighted by Crippen LogP contribution is -2.19. The lowest BCUT2D eigenvalue weighted by molar-refractivity contribution is -0.112. The Morgan fingerprint density at radius 1 is 1.14 bits per heavy atom. The molecule has 0 unspecified atom stereocenters. The van der Waals surface area contributed by atoms with Gasteiger partial charge in [0.2, 0.25) is 0 Å². The number of H-pyrrole nitrogens is 1. The van der Waals surface area contributed by atoms with Gasteiger partial charge in [-0.25, -0.2) is 4.98 Å². The molecule has 6 nitrogen and oxygen atoms in total. The lowest BCUT2D eigenvalue weighted by Gasteiger charge is -2.08. The molecule has 0 atom stereocenters. The summed E-state index contributed by atoms with van der Waals surface area (Å²) in [5.41, 5.74) is 10.5. The Labute approximate surface area is 168 Å². The van der Waals surface area contributed by atoms with Crippen molar-refractivity contribution in [2.24, 2.45) is 5.73 Å². The van der Waals surface area contributed by atoms with Gasteiger partial charge in [-0.3, -0.25) is 4.79 Å². The van der Waals surface area contributed by atoms with Crippen LogP contribution in [0.25, 0.3) is 28.2 Å². The van der Waals surface area contributed by atoms with Gasteiger partial charge >= 0.3 is 0 Å². The second-order valence-corrected chi connectivity index (χ2v) is 6.51. The number of anilines is 1. The van der Waals surface area contributed by atoms with Gasteiger partial charge in [-0.1, -0.05) is 24.3 Å². The van der Waals surface area contributed by atoms with Crippen LogP contribution < -0.4 is 15.8 Å². The van der Waals surface area contributed by atoms with E-state index >= 15 is 0 Å². The summed E-state index contributed by atoms with van der Waals surface area (Å²) in [5.74, 6) is 0.340. The number of carbonyl (C=O) groups is 1. The highest BCUT2D eigenvalue weighted by Gasteiger charge is 2.08. The summed E-state index contributed by atoms with van der Waals surface area (Å²) in [6.45, 7) is 0. The minimum absolute atomic E-state index is 0.116. The van der Waals surface area contributed by atoms with Crippen LogP contribution in [0.1, 0.15) is 5.56 Å². The molecule has 0 radical (unpaired) electrons. The summed E-state index contributed by atoms with van der Waals surface area (Å²) < 4.78 is 5.19. The first-order valence-electron chi connectivity index (χ1n) is 9.09. The first-order chi connectivity index (χ1) is 14.1. The Hall–Kier alpha value is -4.06. The van der Waals surface area contributed by atoms with Crippen molar-refractivity contribution in [3.8, 4) is 16.9 Å². The summed E-state index contributed by atoms with van der Waals surface area (Å²) >= 11 is 0. The molecule has 144 valence electrons. The number of carbonyl (C=O) groups excluding carboxylic acids is 1. The van der Waals surface area contributed by atoms with E-state index in [0.29, 0.717) is 11.4 Å². The fraction of sp³-hybridized carbons (Fsp3) is 0.0435. The number of nitrogens with two attached hydrogens (primary N) is 1. The summed E-state index contributed by atoms with van der Waals surface area (Å²) in [5, 5.41) is 3.87. The van der Waals surface area contributed by atoms with E-state index in [-0.39, 0.29) is 11.6 Å². The molecule has 2 aromatic carbocycles. The van der Waals surface area contributed by atoms with Crippen molar-refractivity contribution < 1.29 is 9.53 Å². The van der Waals surface area contributed by atoms with Crippen LogP contribution in [-0.4, -0.2) is 23.0 Å². The van der Waals surface area contributed by atoms with E-state index in [1.807, 2.05) is 66.9 Å². The predicted molar refractivity (Wildman–Crippen MR) is 115 cm³/mol. The summed E-state index contributed by atoms with van der Waals surface area (Å²) in [4.78, 5) is 19.8. The number of benzene rings is 2. The van der Waals surface area contributed by atoms with Gasteiger partial charge in [0.1, 0.15) is 11.4 Å². The van der Waals surface area contributed by atoms with Crippen LogP contribution in [0.2, 0.25) is 0 Å². The van der Waals surface area contributed by atoms with Crippen LogP contribution in [0.5, 0.6) is 5.75 Å². The molecule has 0 aliphatic carbocycles. The number of ether oxygens (including phenoxy) is 1. The molecule has 4 aromatic rings. The van der Waals surface area contributed by atoms with Crippen molar-refractivity contribution in [3.63, 3.8) is 0 Å². The number of aromatic amines is 1. The van der Waals surface area contributed by atoms with E-state index < -0.39 is 0 Å².